The molecule has 0 radical (unpaired) electrons. The number of likely N-dealkylation sites (tertiary alicyclic amines) is 2. The van der Waals surface area contributed by atoms with Crippen molar-refractivity contribution < 1.29 is 13.2 Å². The average molecular weight is 450 g/mol. The molecule has 1 amide bonds. The topological polar surface area (TPSA) is 86.7 Å². The third-order valence-corrected chi connectivity index (χ3v) is 8.01. The van der Waals surface area contributed by atoms with Crippen LogP contribution in [0.2, 0.25) is 0 Å². The first-order valence-electron chi connectivity index (χ1n) is 11.6. The van der Waals surface area contributed by atoms with Gasteiger partial charge in [-0.1, -0.05) is 6.92 Å². The number of rotatable bonds is 5. The molecular formula is C22H35N5O3S. The number of anilines is 1. The van der Waals surface area contributed by atoms with Gasteiger partial charge in [-0.05, 0) is 57.5 Å². The van der Waals surface area contributed by atoms with Crippen LogP contribution >= 0.6 is 0 Å². The second-order valence-corrected chi connectivity index (χ2v) is 11.5. The zero-order chi connectivity index (χ0) is 22.0. The van der Waals surface area contributed by atoms with E-state index < -0.39 is 9.84 Å². The van der Waals surface area contributed by atoms with Crippen LogP contribution < -0.4 is 4.90 Å². The normalized spacial score (nSPS) is 24.0. The van der Waals surface area contributed by atoms with E-state index in [1.807, 2.05) is 4.90 Å². The molecule has 0 saturated carbocycles. The van der Waals surface area contributed by atoms with E-state index in [-0.39, 0.29) is 16.7 Å². The van der Waals surface area contributed by atoms with Gasteiger partial charge in [0.2, 0.25) is 11.9 Å². The summed E-state index contributed by atoms with van der Waals surface area (Å²) in [4.78, 5) is 28.5. The highest BCUT2D eigenvalue weighted by molar-refractivity contribution is 7.90. The zero-order valence-corrected chi connectivity index (χ0v) is 19.6. The molecule has 8 nitrogen and oxygen atoms in total. The minimum Gasteiger partial charge on any atom is -0.342 e. The summed E-state index contributed by atoms with van der Waals surface area (Å²) in [5.41, 5.74) is 0.636. The van der Waals surface area contributed by atoms with Crippen molar-refractivity contribution in [2.75, 3.05) is 57.0 Å². The highest BCUT2D eigenvalue weighted by Gasteiger charge is 2.31. The van der Waals surface area contributed by atoms with Gasteiger partial charge in [0.05, 0.1) is 18.4 Å². The van der Waals surface area contributed by atoms with Gasteiger partial charge < -0.3 is 9.80 Å². The smallest absolute Gasteiger partial charge is 0.236 e. The van der Waals surface area contributed by atoms with Crippen LogP contribution in [0.15, 0.2) is 11.1 Å². The van der Waals surface area contributed by atoms with Crippen LogP contribution in [0, 0.1) is 5.92 Å². The van der Waals surface area contributed by atoms with Crippen LogP contribution in [0.25, 0.3) is 0 Å². The predicted molar refractivity (Wildman–Crippen MR) is 120 cm³/mol. The summed E-state index contributed by atoms with van der Waals surface area (Å²) in [6, 6.07) is 0. The molecule has 0 aliphatic carbocycles. The first kappa shape index (κ1) is 22.5. The lowest BCUT2D eigenvalue weighted by Gasteiger charge is -2.34. The van der Waals surface area contributed by atoms with Crippen LogP contribution in [0.3, 0.4) is 0 Å². The number of amides is 1. The second kappa shape index (κ2) is 9.40. The van der Waals surface area contributed by atoms with Crippen molar-refractivity contribution in [1.82, 2.24) is 19.8 Å². The number of nitrogens with zero attached hydrogens (tertiary/aromatic N) is 5. The molecule has 172 valence electrons. The lowest BCUT2D eigenvalue weighted by Crippen LogP contribution is -2.43. The van der Waals surface area contributed by atoms with Crippen molar-refractivity contribution in [1.29, 1.82) is 0 Å². The molecule has 3 aliphatic rings. The number of piperidine rings is 2. The van der Waals surface area contributed by atoms with E-state index in [1.165, 1.54) is 31.7 Å². The maximum absolute atomic E-state index is 12.7. The summed E-state index contributed by atoms with van der Waals surface area (Å²) >= 11 is 0. The number of aromatic nitrogens is 2. The molecule has 0 aromatic carbocycles. The van der Waals surface area contributed by atoms with Crippen LogP contribution in [0.5, 0.6) is 0 Å². The molecule has 31 heavy (non-hydrogen) atoms. The van der Waals surface area contributed by atoms with E-state index in [0.717, 1.165) is 45.4 Å². The summed E-state index contributed by atoms with van der Waals surface area (Å²) in [5, 5.41) is 0. The minimum atomic E-state index is -3.42. The highest BCUT2D eigenvalue weighted by atomic mass is 32.2. The van der Waals surface area contributed by atoms with Crippen molar-refractivity contribution in [3.05, 3.63) is 11.9 Å². The van der Waals surface area contributed by atoms with Crippen molar-refractivity contribution in [2.45, 2.75) is 56.3 Å². The Kier molecular flexibility index (Phi) is 6.81. The maximum atomic E-state index is 12.7. The third kappa shape index (κ3) is 5.37. The minimum absolute atomic E-state index is 0.0320. The first-order chi connectivity index (χ1) is 14.8. The molecular weight excluding hydrogens is 414 g/mol. The quantitative estimate of drug-likeness (QED) is 0.679. The highest BCUT2D eigenvalue weighted by Crippen LogP contribution is 2.32. The molecule has 3 aliphatic heterocycles. The number of sulfone groups is 1. The molecule has 4 heterocycles. The van der Waals surface area contributed by atoms with Gasteiger partial charge in [0, 0.05) is 38.4 Å². The number of hydrogen-bond donors (Lipinski definition) is 0. The van der Waals surface area contributed by atoms with Gasteiger partial charge in [-0.15, -0.1) is 0 Å². The van der Waals surface area contributed by atoms with Crippen molar-refractivity contribution in [3.63, 3.8) is 0 Å². The summed E-state index contributed by atoms with van der Waals surface area (Å²) < 4.78 is 24.9. The Labute approximate surface area is 185 Å². The lowest BCUT2D eigenvalue weighted by atomic mass is 9.93. The van der Waals surface area contributed by atoms with Crippen LogP contribution in [0.1, 0.15) is 57.1 Å². The van der Waals surface area contributed by atoms with Crippen LogP contribution in [-0.2, 0) is 14.6 Å². The average Bonchev–Trinajstić information content (AvgIpc) is 3.26. The Bertz CT molecular complexity index is 892. The first-order valence-corrected chi connectivity index (χ1v) is 13.5. The summed E-state index contributed by atoms with van der Waals surface area (Å²) in [5.74, 6) is 1.45. The number of carbonyl (C=O) groups is 1. The van der Waals surface area contributed by atoms with Gasteiger partial charge in [-0.2, -0.15) is 0 Å². The number of carbonyl (C=O) groups excluding carboxylic acids is 1. The van der Waals surface area contributed by atoms with Crippen molar-refractivity contribution in [3.8, 4) is 0 Å². The van der Waals surface area contributed by atoms with E-state index in [9.17, 15) is 13.2 Å². The van der Waals surface area contributed by atoms with Crippen LogP contribution in [0.4, 0.5) is 5.95 Å². The van der Waals surface area contributed by atoms with Gasteiger partial charge in [-0.25, -0.2) is 18.4 Å². The molecule has 0 unspecified atom stereocenters. The molecule has 1 aromatic rings. The molecule has 3 saturated heterocycles. The molecule has 0 bridgehead atoms. The second-order valence-electron chi connectivity index (χ2n) is 9.52. The van der Waals surface area contributed by atoms with Gasteiger partial charge in [-0.3, -0.25) is 9.69 Å². The Morgan fingerprint density at radius 3 is 2.42 bits per heavy atom. The van der Waals surface area contributed by atoms with Gasteiger partial charge in [0.15, 0.2) is 9.84 Å². The molecule has 9 heteroatoms. The Balaban J connectivity index is 1.48. The fourth-order valence-corrected chi connectivity index (χ4v) is 5.95. The lowest BCUT2D eigenvalue weighted by molar-refractivity contribution is -0.133. The number of hydrogen-bond acceptors (Lipinski definition) is 7. The molecule has 3 fully saturated rings. The van der Waals surface area contributed by atoms with Gasteiger partial charge >= 0.3 is 0 Å². The van der Waals surface area contributed by atoms with E-state index in [1.54, 1.807) is 0 Å². The summed E-state index contributed by atoms with van der Waals surface area (Å²) in [6.45, 7) is 7.88. The SMILES string of the molecule is C[C@@H]1CCCN(c2ncc(S(C)(=O)=O)c(C3CCN(C(=O)CN4CCCC4)CC3)n2)C1. The predicted octanol–water partition coefficient (Wildman–Crippen LogP) is 1.92. The van der Waals surface area contributed by atoms with Crippen molar-refractivity contribution >= 4 is 21.7 Å². The van der Waals surface area contributed by atoms with E-state index in [4.69, 9.17) is 4.98 Å². The Hall–Kier alpha value is -1.74. The van der Waals surface area contributed by atoms with E-state index >= 15 is 0 Å². The van der Waals surface area contributed by atoms with E-state index in [0.29, 0.717) is 37.2 Å². The van der Waals surface area contributed by atoms with Gasteiger partial charge in [0.1, 0.15) is 4.90 Å². The third-order valence-electron chi connectivity index (χ3n) is 6.90. The Morgan fingerprint density at radius 1 is 1.06 bits per heavy atom. The summed E-state index contributed by atoms with van der Waals surface area (Å²) in [6.07, 6.45) is 8.86. The van der Waals surface area contributed by atoms with Gasteiger partial charge in [0.25, 0.3) is 0 Å². The maximum Gasteiger partial charge on any atom is 0.236 e. The molecule has 0 spiro atoms. The zero-order valence-electron chi connectivity index (χ0n) is 18.8. The molecule has 1 aromatic heterocycles. The van der Waals surface area contributed by atoms with E-state index in [2.05, 4.69) is 21.7 Å². The fourth-order valence-electron chi connectivity index (χ4n) is 5.11. The molecule has 4 rings (SSSR count). The van der Waals surface area contributed by atoms with Crippen molar-refractivity contribution in [2.24, 2.45) is 5.92 Å². The monoisotopic (exact) mass is 449 g/mol. The summed E-state index contributed by atoms with van der Waals surface area (Å²) in [7, 11) is -3.42. The Morgan fingerprint density at radius 2 is 1.77 bits per heavy atom. The van der Waals surface area contributed by atoms with Crippen LogP contribution in [-0.4, -0.2) is 86.2 Å². The standard InChI is InChI=1S/C22H35N5O3S/c1-17-6-5-11-27(15-17)22-23-14-19(31(2,29)30)21(24-22)18-7-12-26(13-8-18)20(28)16-25-9-3-4-10-25/h14,17-18H,3-13,15-16H2,1-2H3/t17-/m1/s1. The largest absolute Gasteiger partial charge is 0.342 e. The fraction of sp³-hybridized carbons (Fsp3) is 0.773. The molecule has 0 N–H and O–H groups in total. The molecule has 1 atom stereocenters.